The van der Waals surface area contributed by atoms with Crippen LogP contribution in [0.5, 0.6) is 0 Å². The first kappa shape index (κ1) is 13.6. The summed E-state index contributed by atoms with van der Waals surface area (Å²) in [6.07, 6.45) is 4.98. The lowest BCUT2D eigenvalue weighted by atomic mass is 9.79. The smallest absolute Gasteiger partial charge is 0.0323 e. The average molecular weight is 268 g/mol. The zero-order valence-corrected chi connectivity index (χ0v) is 12.2. The monoisotopic (exact) mass is 268 g/mol. The van der Waals surface area contributed by atoms with Gasteiger partial charge in [0, 0.05) is 12.1 Å². The van der Waals surface area contributed by atoms with Crippen molar-refractivity contribution in [1.82, 2.24) is 5.32 Å². The summed E-state index contributed by atoms with van der Waals surface area (Å²) in [5, 5.41) is 5.98. The molecule has 1 saturated carbocycles. The molecule has 1 unspecified atom stereocenters. The van der Waals surface area contributed by atoms with E-state index in [0.29, 0.717) is 12.0 Å². The standard InChI is InChI=1S/C18H24N2/c1-20-17-10-8-14(9-11-17)18(19)16-7-6-13-4-2-3-5-15(13)12-16/h2-7,12,14,17-18,20H,8-11,19H2,1H3. The number of hydrogen-bond donors (Lipinski definition) is 2. The molecule has 2 aromatic rings. The molecule has 0 aromatic heterocycles. The Morgan fingerprint density at radius 2 is 1.70 bits per heavy atom. The molecule has 2 aromatic carbocycles. The summed E-state index contributed by atoms with van der Waals surface area (Å²) in [6, 6.07) is 16.0. The van der Waals surface area contributed by atoms with Crippen LogP contribution in [0.15, 0.2) is 42.5 Å². The van der Waals surface area contributed by atoms with Crippen LogP contribution in [0.25, 0.3) is 10.8 Å². The predicted octanol–water partition coefficient (Wildman–Crippen LogP) is 3.62. The predicted molar refractivity (Wildman–Crippen MR) is 85.7 cm³/mol. The molecule has 1 aliphatic rings. The number of nitrogens with one attached hydrogen (secondary N) is 1. The van der Waals surface area contributed by atoms with E-state index < -0.39 is 0 Å². The summed E-state index contributed by atoms with van der Waals surface area (Å²) in [7, 11) is 2.06. The summed E-state index contributed by atoms with van der Waals surface area (Å²) in [6.45, 7) is 0. The Bertz CT molecular complexity index is 570. The van der Waals surface area contributed by atoms with Crippen LogP contribution in [-0.2, 0) is 0 Å². The molecular weight excluding hydrogens is 244 g/mol. The molecule has 3 N–H and O–H groups in total. The highest BCUT2D eigenvalue weighted by atomic mass is 14.9. The fourth-order valence-electron chi connectivity index (χ4n) is 3.45. The molecule has 2 heteroatoms. The van der Waals surface area contributed by atoms with E-state index in [0.717, 1.165) is 0 Å². The topological polar surface area (TPSA) is 38.0 Å². The van der Waals surface area contributed by atoms with Crippen molar-refractivity contribution in [1.29, 1.82) is 0 Å². The van der Waals surface area contributed by atoms with Crippen LogP contribution in [0.1, 0.15) is 37.3 Å². The minimum absolute atomic E-state index is 0.178. The molecule has 1 aliphatic carbocycles. The SMILES string of the molecule is CNC1CCC(C(N)c2ccc3ccccc3c2)CC1. The zero-order chi connectivity index (χ0) is 13.9. The van der Waals surface area contributed by atoms with Crippen LogP contribution >= 0.6 is 0 Å². The first-order valence-corrected chi connectivity index (χ1v) is 7.69. The maximum Gasteiger partial charge on any atom is 0.0323 e. The minimum Gasteiger partial charge on any atom is -0.324 e. The lowest BCUT2D eigenvalue weighted by molar-refractivity contribution is 0.267. The van der Waals surface area contributed by atoms with Gasteiger partial charge in [-0.25, -0.2) is 0 Å². The third-order valence-electron chi connectivity index (χ3n) is 4.85. The molecule has 1 fully saturated rings. The van der Waals surface area contributed by atoms with E-state index in [1.54, 1.807) is 0 Å². The second kappa shape index (κ2) is 5.94. The normalized spacial score (nSPS) is 24.7. The van der Waals surface area contributed by atoms with Crippen molar-refractivity contribution in [3.8, 4) is 0 Å². The van der Waals surface area contributed by atoms with Crippen molar-refractivity contribution >= 4 is 10.8 Å². The molecule has 0 spiro atoms. The maximum atomic E-state index is 6.53. The van der Waals surface area contributed by atoms with E-state index in [1.165, 1.54) is 42.0 Å². The second-order valence-corrected chi connectivity index (χ2v) is 6.03. The van der Waals surface area contributed by atoms with E-state index in [-0.39, 0.29) is 6.04 Å². The Kier molecular flexibility index (Phi) is 4.04. The van der Waals surface area contributed by atoms with Gasteiger partial charge >= 0.3 is 0 Å². The molecule has 1 atom stereocenters. The van der Waals surface area contributed by atoms with Crippen LogP contribution in [0.4, 0.5) is 0 Å². The van der Waals surface area contributed by atoms with Gasteiger partial charge in [-0.05, 0) is 61.1 Å². The van der Waals surface area contributed by atoms with Gasteiger partial charge in [0.15, 0.2) is 0 Å². The van der Waals surface area contributed by atoms with Crippen molar-refractivity contribution in [2.45, 2.75) is 37.8 Å². The summed E-state index contributed by atoms with van der Waals surface area (Å²) >= 11 is 0. The Labute approximate surface area is 121 Å². The van der Waals surface area contributed by atoms with Gasteiger partial charge in [-0.1, -0.05) is 36.4 Å². The molecule has 0 bridgehead atoms. The molecule has 2 nitrogen and oxygen atoms in total. The minimum atomic E-state index is 0.178. The molecular formula is C18H24N2. The van der Waals surface area contributed by atoms with Crippen LogP contribution in [0, 0.1) is 5.92 Å². The average Bonchev–Trinajstić information content (AvgIpc) is 2.54. The third kappa shape index (κ3) is 2.72. The van der Waals surface area contributed by atoms with Crippen molar-refractivity contribution in [3.63, 3.8) is 0 Å². The van der Waals surface area contributed by atoms with Crippen molar-refractivity contribution in [2.24, 2.45) is 11.7 Å². The molecule has 0 saturated heterocycles. The first-order valence-electron chi connectivity index (χ1n) is 7.69. The fraction of sp³-hybridized carbons (Fsp3) is 0.444. The lowest BCUT2D eigenvalue weighted by Crippen LogP contribution is -2.33. The lowest BCUT2D eigenvalue weighted by Gasteiger charge is -2.32. The van der Waals surface area contributed by atoms with Gasteiger partial charge in [0.2, 0.25) is 0 Å². The second-order valence-electron chi connectivity index (χ2n) is 6.03. The molecule has 106 valence electrons. The number of rotatable bonds is 3. The van der Waals surface area contributed by atoms with Crippen molar-refractivity contribution in [3.05, 3.63) is 48.0 Å². The van der Waals surface area contributed by atoms with Crippen LogP contribution < -0.4 is 11.1 Å². The number of fused-ring (bicyclic) bond motifs is 1. The highest BCUT2D eigenvalue weighted by molar-refractivity contribution is 5.83. The first-order chi connectivity index (χ1) is 9.78. The Morgan fingerprint density at radius 3 is 2.40 bits per heavy atom. The van der Waals surface area contributed by atoms with Gasteiger partial charge in [0.05, 0.1) is 0 Å². The van der Waals surface area contributed by atoms with Gasteiger partial charge in [0.25, 0.3) is 0 Å². The van der Waals surface area contributed by atoms with Crippen molar-refractivity contribution in [2.75, 3.05) is 7.05 Å². The summed E-state index contributed by atoms with van der Waals surface area (Å²) in [5.74, 6) is 0.626. The highest BCUT2D eigenvalue weighted by Gasteiger charge is 2.25. The maximum absolute atomic E-state index is 6.53. The van der Waals surface area contributed by atoms with Crippen LogP contribution in [-0.4, -0.2) is 13.1 Å². The molecule has 20 heavy (non-hydrogen) atoms. The number of hydrogen-bond acceptors (Lipinski definition) is 2. The Hall–Kier alpha value is -1.38. The molecule has 0 amide bonds. The molecule has 3 rings (SSSR count). The third-order valence-corrected chi connectivity index (χ3v) is 4.85. The van der Waals surface area contributed by atoms with Crippen LogP contribution in [0.3, 0.4) is 0 Å². The quantitative estimate of drug-likeness (QED) is 0.892. The molecule has 0 aliphatic heterocycles. The van der Waals surface area contributed by atoms with E-state index in [4.69, 9.17) is 5.73 Å². The zero-order valence-electron chi connectivity index (χ0n) is 12.2. The van der Waals surface area contributed by atoms with Crippen molar-refractivity contribution < 1.29 is 0 Å². The molecule has 0 heterocycles. The summed E-state index contributed by atoms with van der Waals surface area (Å²) in [5.41, 5.74) is 7.82. The number of nitrogens with two attached hydrogens (primary N) is 1. The van der Waals surface area contributed by atoms with Gasteiger partial charge in [-0.3, -0.25) is 0 Å². The van der Waals surface area contributed by atoms with Gasteiger partial charge in [-0.2, -0.15) is 0 Å². The van der Waals surface area contributed by atoms with E-state index in [9.17, 15) is 0 Å². The van der Waals surface area contributed by atoms with Gasteiger partial charge in [-0.15, -0.1) is 0 Å². The van der Waals surface area contributed by atoms with Crippen LogP contribution in [0.2, 0.25) is 0 Å². The van der Waals surface area contributed by atoms with Gasteiger partial charge in [0.1, 0.15) is 0 Å². The fourth-order valence-corrected chi connectivity index (χ4v) is 3.45. The summed E-state index contributed by atoms with van der Waals surface area (Å²) < 4.78 is 0. The largest absolute Gasteiger partial charge is 0.324 e. The summed E-state index contributed by atoms with van der Waals surface area (Å²) in [4.78, 5) is 0. The Morgan fingerprint density at radius 1 is 1.00 bits per heavy atom. The molecule has 0 radical (unpaired) electrons. The number of benzene rings is 2. The van der Waals surface area contributed by atoms with E-state index in [2.05, 4.69) is 54.8 Å². The highest BCUT2D eigenvalue weighted by Crippen LogP contribution is 2.33. The van der Waals surface area contributed by atoms with E-state index in [1.807, 2.05) is 0 Å². The van der Waals surface area contributed by atoms with E-state index >= 15 is 0 Å². The Balaban J connectivity index is 1.77. The van der Waals surface area contributed by atoms with Gasteiger partial charge < -0.3 is 11.1 Å².